The van der Waals surface area contributed by atoms with Crippen LogP contribution in [0.4, 0.5) is 11.4 Å². The minimum absolute atomic E-state index is 0.128. The van der Waals surface area contributed by atoms with Crippen molar-refractivity contribution in [3.05, 3.63) is 77.9 Å². The van der Waals surface area contributed by atoms with Gasteiger partial charge in [0.15, 0.2) is 16.7 Å². The monoisotopic (exact) mass is 599 g/mol. The van der Waals surface area contributed by atoms with E-state index in [0.29, 0.717) is 51.6 Å². The van der Waals surface area contributed by atoms with E-state index in [1.807, 2.05) is 43.3 Å². The van der Waals surface area contributed by atoms with Gasteiger partial charge in [0.1, 0.15) is 17.6 Å². The van der Waals surface area contributed by atoms with Crippen LogP contribution in [0.1, 0.15) is 30.9 Å². The van der Waals surface area contributed by atoms with Gasteiger partial charge in [-0.2, -0.15) is 0 Å². The zero-order valence-electron chi connectivity index (χ0n) is 23.5. The number of amides is 3. The van der Waals surface area contributed by atoms with E-state index >= 15 is 0 Å². The lowest BCUT2D eigenvalue weighted by atomic mass is 10.1. The summed E-state index contributed by atoms with van der Waals surface area (Å²) in [7, 11) is 1.56. The molecular formula is C31H29N5O6S. The number of thioether (sulfide) groups is 1. The van der Waals surface area contributed by atoms with Gasteiger partial charge in [-0.05, 0) is 48.4 Å². The maximum Gasteiger partial charge on any atom is 0.259 e. The van der Waals surface area contributed by atoms with E-state index in [0.717, 1.165) is 5.56 Å². The van der Waals surface area contributed by atoms with Gasteiger partial charge in [0.2, 0.25) is 18.6 Å². The Hall–Kier alpha value is -4.84. The minimum Gasteiger partial charge on any atom is -0.497 e. The second-order valence-electron chi connectivity index (χ2n) is 9.96. The molecule has 12 heteroatoms. The highest BCUT2D eigenvalue weighted by molar-refractivity contribution is 8.15. The minimum atomic E-state index is -0.922. The molecular weight excluding hydrogens is 570 g/mol. The van der Waals surface area contributed by atoms with Crippen LogP contribution in [0.3, 0.4) is 0 Å². The van der Waals surface area contributed by atoms with Crippen LogP contribution in [-0.2, 0) is 20.9 Å². The molecule has 0 aromatic heterocycles. The molecule has 0 fully saturated rings. The molecule has 0 aliphatic carbocycles. The van der Waals surface area contributed by atoms with E-state index < -0.39 is 11.3 Å². The maximum atomic E-state index is 13.7. The van der Waals surface area contributed by atoms with Crippen LogP contribution in [0.5, 0.6) is 17.2 Å². The highest BCUT2D eigenvalue weighted by Gasteiger charge is 2.43. The maximum absolute atomic E-state index is 13.7. The Morgan fingerprint density at radius 2 is 1.93 bits per heavy atom. The van der Waals surface area contributed by atoms with E-state index in [9.17, 15) is 14.4 Å². The molecule has 3 aliphatic heterocycles. The van der Waals surface area contributed by atoms with Gasteiger partial charge in [-0.1, -0.05) is 43.0 Å². The average Bonchev–Trinajstić information content (AvgIpc) is 3.63. The second kappa shape index (κ2) is 12.2. The Balaban J connectivity index is 1.16. The first-order valence-corrected chi connectivity index (χ1v) is 14.7. The molecule has 0 saturated carbocycles. The van der Waals surface area contributed by atoms with Crippen molar-refractivity contribution >= 4 is 51.9 Å². The van der Waals surface area contributed by atoms with Gasteiger partial charge in [0.05, 0.1) is 24.5 Å². The van der Waals surface area contributed by atoms with Gasteiger partial charge in [0, 0.05) is 23.9 Å². The van der Waals surface area contributed by atoms with Gasteiger partial charge >= 0.3 is 0 Å². The molecule has 3 aliphatic rings. The quantitative estimate of drug-likeness (QED) is 0.376. The molecule has 0 saturated heterocycles. The second-order valence-corrected chi connectivity index (χ2v) is 11.1. The molecule has 6 rings (SSSR count). The van der Waals surface area contributed by atoms with Crippen LogP contribution in [0.2, 0.25) is 0 Å². The number of rotatable bonds is 9. The van der Waals surface area contributed by atoms with E-state index in [2.05, 4.69) is 15.6 Å². The summed E-state index contributed by atoms with van der Waals surface area (Å²) in [6.45, 7) is 2.33. The van der Waals surface area contributed by atoms with Crippen LogP contribution >= 0.6 is 11.8 Å². The SMILES string of the molecule is CCC(SC1=Nc2ccccc2C2=NC(CC(=O)NCc3ccc4c(c3)OCO4)C(=O)N12)C(=O)Nc1cccc(OC)c1. The molecule has 2 N–H and O–H groups in total. The summed E-state index contributed by atoms with van der Waals surface area (Å²) >= 11 is 1.19. The lowest BCUT2D eigenvalue weighted by Crippen LogP contribution is -2.43. The average molecular weight is 600 g/mol. The van der Waals surface area contributed by atoms with Crippen molar-refractivity contribution in [2.45, 2.75) is 37.6 Å². The first-order chi connectivity index (χ1) is 20.9. The fraction of sp³-hybridized carbons (Fsp3) is 0.258. The van der Waals surface area contributed by atoms with Crippen LogP contribution in [0.15, 0.2) is 76.7 Å². The summed E-state index contributed by atoms with van der Waals surface area (Å²) in [4.78, 5) is 50.7. The van der Waals surface area contributed by atoms with Crippen molar-refractivity contribution in [3.8, 4) is 17.2 Å². The van der Waals surface area contributed by atoms with Crippen LogP contribution in [0.25, 0.3) is 0 Å². The topological polar surface area (TPSA) is 131 Å². The molecule has 0 bridgehead atoms. The zero-order chi connectivity index (χ0) is 29.9. The van der Waals surface area contributed by atoms with Crippen molar-refractivity contribution < 1.29 is 28.6 Å². The number of ether oxygens (including phenoxy) is 3. The number of para-hydroxylation sites is 1. The van der Waals surface area contributed by atoms with Gasteiger partial charge < -0.3 is 24.8 Å². The first kappa shape index (κ1) is 28.3. The summed E-state index contributed by atoms with van der Waals surface area (Å²) in [5, 5.41) is 5.59. The Morgan fingerprint density at radius 3 is 2.77 bits per heavy atom. The van der Waals surface area contributed by atoms with Gasteiger partial charge in [-0.3, -0.25) is 19.4 Å². The summed E-state index contributed by atoms with van der Waals surface area (Å²) in [6, 6.07) is 19.0. The smallest absolute Gasteiger partial charge is 0.259 e. The Morgan fingerprint density at radius 1 is 1.09 bits per heavy atom. The molecule has 3 heterocycles. The predicted octanol–water partition coefficient (Wildman–Crippen LogP) is 4.24. The number of hydrogen-bond donors (Lipinski definition) is 2. The number of anilines is 1. The highest BCUT2D eigenvalue weighted by atomic mass is 32.2. The van der Waals surface area contributed by atoms with E-state index in [1.165, 1.54) is 16.7 Å². The predicted molar refractivity (Wildman–Crippen MR) is 163 cm³/mol. The molecule has 2 atom stereocenters. The molecule has 220 valence electrons. The van der Waals surface area contributed by atoms with Crippen molar-refractivity contribution in [1.82, 2.24) is 10.2 Å². The number of nitrogens with zero attached hydrogens (tertiary/aromatic N) is 3. The largest absolute Gasteiger partial charge is 0.497 e. The Bertz CT molecular complexity index is 1660. The lowest BCUT2D eigenvalue weighted by Gasteiger charge is -2.27. The van der Waals surface area contributed by atoms with Gasteiger partial charge in [-0.15, -0.1) is 0 Å². The molecule has 11 nitrogen and oxygen atoms in total. The number of carbonyl (C=O) groups is 3. The number of methoxy groups -OCH3 is 1. The molecule has 43 heavy (non-hydrogen) atoms. The highest BCUT2D eigenvalue weighted by Crippen LogP contribution is 2.36. The number of fused-ring (bicyclic) bond motifs is 4. The summed E-state index contributed by atoms with van der Waals surface area (Å²) < 4.78 is 16.0. The Kier molecular flexibility index (Phi) is 8.01. The standard InChI is InChI=1S/C31H29N5O6S/c1-3-26(29(38)33-19-7-6-8-20(14-19)40-2)43-31-35-22-10-5-4-9-21(22)28-34-23(30(39)36(28)31)15-27(37)32-16-18-11-12-24-25(13-18)42-17-41-24/h4-14,23,26H,3,15-17H2,1-2H3,(H,32,37)(H,33,38). The molecule has 3 amide bonds. The third-order valence-electron chi connectivity index (χ3n) is 7.10. The van der Waals surface area contributed by atoms with E-state index in [1.54, 1.807) is 37.4 Å². The fourth-order valence-corrected chi connectivity index (χ4v) is 5.91. The van der Waals surface area contributed by atoms with Crippen molar-refractivity contribution in [1.29, 1.82) is 0 Å². The number of hydrogen-bond acceptors (Lipinski definition) is 9. The van der Waals surface area contributed by atoms with Crippen LogP contribution in [-0.4, -0.2) is 58.8 Å². The molecule has 2 unspecified atom stereocenters. The first-order valence-electron chi connectivity index (χ1n) is 13.8. The normalized spacial score (nSPS) is 16.9. The van der Waals surface area contributed by atoms with Crippen LogP contribution < -0.4 is 24.8 Å². The fourth-order valence-electron chi connectivity index (χ4n) is 4.89. The number of aliphatic imine (C=N–C) groups is 2. The third kappa shape index (κ3) is 5.91. The zero-order valence-corrected chi connectivity index (χ0v) is 24.3. The van der Waals surface area contributed by atoms with Gasteiger partial charge in [0.25, 0.3) is 5.91 Å². The van der Waals surface area contributed by atoms with Gasteiger partial charge in [-0.25, -0.2) is 9.89 Å². The summed E-state index contributed by atoms with van der Waals surface area (Å²) in [6.07, 6.45) is 0.359. The number of amidine groups is 2. The number of benzene rings is 3. The van der Waals surface area contributed by atoms with E-state index in [4.69, 9.17) is 19.2 Å². The third-order valence-corrected chi connectivity index (χ3v) is 8.42. The summed E-state index contributed by atoms with van der Waals surface area (Å²) in [5.74, 6) is 1.44. The molecule has 3 aromatic carbocycles. The summed E-state index contributed by atoms with van der Waals surface area (Å²) in [5.41, 5.74) is 2.78. The van der Waals surface area contributed by atoms with Crippen LogP contribution in [0, 0.1) is 0 Å². The number of carbonyl (C=O) groups excluding carboxylic acids is 3. The molecule has 3 aromatic rings. The molecule has 0 spiro atoms. The lowest BCUT2D eigenvalue weighted by molar-refractivity contribution is -0.128. The Labute approximate surface area is 252 Å². The number of nitrogens with one attached hydrogen (secondary N) is 2. The van der Waals surface area contributed by atoms with Crippen molar-refractivity contribution in [2.24, 2.45) is 9.98 Å². The molecule has 0 radical (unpaired) electrons. The van der Waals surface area contributed by atoms with Crippen molar-refractivity contribution in [2.75, 3.05) is 19.2 Å². The van der Waals surface area contributed by atoms with E-state index in [-0.39, 0.29) is 37.5 Å². The van der Waals surface area contributed by atoms with Crippen molar-refractivity contribution in [3.63, 3.8) is 0 Å².